The molecule has 0 aliphatic carbocycles. The second kappa shape index (κ2) is 45.9. The molecule has 13 nitrogen and oxygen atoms in total. The Morgan fingerprint density at radius 1 is 0.590 bits per heavy atom. The zero-order valence-electron chi connectivity index (χ0n) is 48.5. The fraction of sp³-hybridized carbons (Fsp3) is 0.426. The van der Waals surface area contributed by atoms with Gasteiger partial charge in [-0.2, -0.15) is 0 Å². The van der Waals surface area contributed by atoms with Gasteiger partial charge in [-0.1, -0.05) is 249 Å². The predicted octanol–water partition coefficient (Wildman–Crippen LogP) is 21.4. The van der Waals surface area contributed by atoms with Crippen LogP contribution in [0.1, 0.15) is 134 Å². The molecule has 7 rings (SSSR count). The highest BCUT2D eigenvalue weighted by Gasteiger charge is 2.36. The highest BCUT2D eigenvalue weighted by atomic mass is 127. The zero-order chi connectivity index (χ0) is 63.6. The van der Waals surface area contributed by atoms with Crippen molar-refractivity contribution >= 4 is 201 Å². The minimum Gasteiger partial charge on any atom is -0.508 e. The smallest absolute Gasteiger partial charge is 0.308 e. The first kappa shape index (κ1) is 85.9. The first-order chi connectivity index (χ1) is 38.1. The van der Waals surface area contributed by atoms with Gasteiger partial charge in [-0.15, -0.1) is 0 Å². The zero-order valence-corrected chi connectivity index (χ0v) is 66.2. The van der Waals surface area contributed by atoms with Gasteiger partial charge in [-0.25, -0.2) is 0 Å². The van der Waals surface area contributed by atoms with Crippen molar-refractivity contribution in [1.29, 1.82) is 0 Å². The van der Waals surface area contributed by atoms with Gasteiger partial charge in [0.15, 0.2) is 0 Å². The summed E-state index contributed by atoms with van der Waals surface area (Å²) < 4.78 is 35.3. The average Bonchev–Trinajstić information content (AvgIpc) is 3.96. The summed E-state index contributed by atoms with van der Waals surface area (Å²) >= 11 is 23.8. The number of phenols is 4. The molecule has 0 spiro atoms. The van der Waals surface area contributed by atoms with E-state index in [1.165, 1.54) is 69.1 Å². The van der Waals surface area contributed by atoms with E-state index in [4.69, 9.17) is 38.6 Å². The Balaban J connectivity index is -0.000000902. The van der Waals surface area contributed by atoms with Crippen molar-refractivity contribution in [3.8, 4) is 57.5 Å². The summed E-state index contributed by atoms with van der Waals surface area (Å²) in [5.41, 5.74) is 2.69. The van der Waals surface area contributed by atoms with Crippen LogP contribution in [0.15, 0.2) is 117 Å². The number of hydrogen-bond donors (Lipinski definition) is 4. The van der Waals surface area contributed by atoms with Crippen molar-refractivity contribution in [2.24, 2.45) is 0 Å². The Kier molecular flexibility index (Phi) is 47.4. The lowest BCUT2D eigenvalue weighted by atomic mass is 9.86. The normalized spacial score (nSPS) is 12.0. The maximum atomic E-state index is 11.0. The van der Waals surface area contributed by atoms with Gasteiger partial charge in [-0.05, 0) is 145 Å². The monoisotopic (exact) mass is 2020 g/mol. The molecule has 0 radical (unpaired) electrons. The molecule has 0 saturated carbocycles. The van der Waals surface area contributed by atoms with Crippen molar-refractivity contribution in [2.45, 2.75) is 135 Å². The van der Waals surface area contributed by atoms with E-state index in [0.717, 1.165) is 30.1 Å². The molecule has 22 heteroatoms. The van der Waals surface area contributed by atoms with Crippen LogP contribution in [0.5, 0.6) is 57.5 Å². The number of halogens is 9. The van der Waals surface area contributed by atoms with E-state index in [1.54, 1.807) is 54.6 Å². The van der Waals surface area contributed by atoms with Gasteiger partial charge in [0.1, 0.15) is 77.0 Å². The Bertz CT molecular complexity index is 2700. The number of ether oxygens (including phenoxy) is 6. The van der Waals surface area contributed by atoms with E-state index in [1.807, 2.05) is 25.1 Å². The van der Waals surface area contributed by atoms with Crippen LogP contribution in [0.2, 0.25) is 0 Å². The minimum absolute atomic E-state index is 0. The van der Waals surface area contributed by atoms with E-state index >= 15 is 0 Å². The summed E-state index contributed by atoms with van der Waals surface area (Å²) in [6.07, 6.45) is 5.07. The number of fused-ring (bicyclic) bond motifs is 2. The van der Waals surface area contributed by atoms with E-state index in [0.29, 0.717) is 61.4 Å². The predicted molar refractivity (Wildman–Crippen MR) is 402 cm³/mol. The van der Waals surface area contributed by atoms with Crippen LogP contribution in [0.4, 0.5) is 0 Å². The summed E-state index contributed by atoms with van der Waals surface area (Å²) in [6, 6.07) is 25.4. The van der Waals surface area contributed by atoms with Gasteiger partial charge in [0.05, 0.1) is 15.1 Å². The van der Waals surface area contributed by atoms with Gasteiger partial charge in [0, 0.05) is 42.7 Å². The van der Waals surface area contributed by atoms with E-state index in [9.17, 15) is 24.6 Å². The van der Waals surface area contributed by atoms with Gasteiger partial charge < -0.3 is 48.8 Å². The average molecular weight is 2020 g/mol. The Morgan fingerprint density at radius 3 is 1.28 bits per heavy atom. The number of esters is 3. The maximum absolute atomic E-state index is 11.0. The molecule has 0 bridgehead atoms. The summed E-state index contributed by atoms with van der Waals surface area (Å²) in [6.45, 7) is 30.5. The number of carbonyl (C=O) groups is 3. The number of hydrogen-bond acceptors (Lipinski definition) is 13. The number of rotatable bonds is 9. The van der Waals surface area contributed by atoms with E-state index < -0.39 is 5.97 Å². The lowest BCUT2D eigenvalue weighted by molar-refractivity contribution is -0.132. The Labute approximate surface area is 601 Å². The molecule has 83 heavy (non-hydrogen) atoms. The molecule has 2 aliphatic heterocycles. The molecule has 0 atom stereocenters. The Hall–Kier alpha value is -1.33. The summed E-state index contributed by atoms with van der Waals surface area (Å²) in [7, 11) is 0. The molecule has 0 saturated heterocycles. The molecule has 5 aromatic carbocycles. The molecule has 2 aliphatic rings. The SMILES string of the molecule is C.C=C(C)COc1cccc(OC(C)=O)c1Br.CC(=O)Oc1cccc(O)c1Br.CC(=O)Oc1cccc2c1C(C)(C)CO2.CC1(C)COc2cccc(O)c21.CCC.CCC(I)(I)I.CCC(I)I.CCCI.Oc1cccc(O)c1Br. The quantitative estimate of drug-likeness (QED) is 0.0359. The van der Waals surface area contributed by atoms with Gasteiger partial charge >= 0.3 is 17.9 Å². The maximum Gasteiger partial charge on any atom is 0.308 e. The molecule has 0 amide bonds. The van der Waals surface area contributed by atoms with Gasteiger partial charge in [0.2, 0.25) is 0 Å². The third-order valence-corrected chi connectivity index (χ3v) is 17.0. The molecular weight excluding hydrogens is 1940 g/mol. The highest BCUT2D eigenvalue weighted by Crippen LogP contribution is 2.45. The first-order valence-corrected chi connectivity index (χ1v) is 35.1. The third-order valence-electron chi connectivity index (χ3n) is 9.49. The van der Waals surface area contributed by atoms with Crippen LogP contribution in [-0.2, 0) is 25.2 Å². The fourth-order valence-corrected chi connectivity index (χ4v) is 6.87. The standard InChI is InChI=1S/C12H13BrO3.C12H14O3.C10H12O2.C8H7BrO3.C6H5BrO2.C3H5I3.C3H6I2.C3H7I.C3H8.CH4/c1-8(2)7-15-10-5-4-6-11(12(10)13)16-9(3)14;1-8(13)15-10-6-4-5-9-11(10)12(2,3)7-14-9;1-10(2)6-12-8-5-3-4-7(11)9(8)10;1-5(10)12-7-4-2-3-6(11)8(7)9;7-6-4(8)2-1-3-5(6)9;1-2-3(4,5)6;1-2-3(4)5;1-2-3-4;1-3-2;/h4-6H,1,7H2,2-3H3;4-6H,7H2,1-3H3;3-5,11H,6H2,1-2H3;2-4,11H,1H3;1-3,8-9H;2H2,1H3;3H,2H2,1H3;2-3H2,1H3;3H2,1-2H3;1H4. The number of benzene rings is 5. The van der Waals surface area contributed by atoms with Crippen molar-refractivity contribution in [2.75, 3.05) is 24.2 Å². The molecule has 0 fully saturated rings. The number of aromatic hydroxyl groups is 4. The van der Waals surface area contributed by atoms with Crippen LogP contribution < -0.4 is 28.4 Å². The highest BCUT2D eigenvalue weighted by molar-refractivity contribution is 14.3. The second-order valence-corrected chi connectivity index (χ2v) is 39.1. The molecule has 2 heterocycles. The lowest BCUT2D eigenvalue weighted by Gasteiger charge is -2.17. The fourth-order valence-electron chi connectivity index (χ4n) is 5.80. The van der Waals surface area contributed by atoms with Crippen LogP contribution in [0, 0.1) is 0 Å². The summed E-state index contributed by atoms with van der Waals surface area (Å²) in [5, 5.41) is 36.5. The largest absolute Gasteiger partial charge is 0.508 e. The van der Waals surface area contributed by atoms with Crippen LogP contribution in [0.25, 0.3) is 0 Å². The van der Waals surface area contributed by atoms with Gasteiger partial charge in [-0.3, -0.25) is 14.4 Å². The molecule has 0 aromatic heterocycles. The first-order valence-electron chi connectivity index (χ1n) is 25.5. The van der Waals surface area contributed by atoms with Gasteiger partial charge in [0.25, 0.3) is 0 Å². The third kappa shape index (κ3) is 37.3. The Morgan fingerprint density at radius 2 is 0.904 bits per heavy atom. The number of carbonyl (C=O) groups excluding carboxylic acids is 3. The van der Waals surface area contributed by atoms with E-state index in [2.05, 4.69) is 252 Å². The van der Waals surface area contributed by atoms with Crippen molar-refractivity contribution in [3.05, 3.63) is 128 Å². The van der Waals surface area contributed by atoms with Crippen LogP contribution >= 0.6 is 183 Å². The van der Waals surface area contributed by atoms with Crippen molar-refractivity contribution < 1.29 is 63.2 Å². The summed E-state index contributed by atoms with van der Waals surface area (Å²) in [5.74, 6) is 3.07. The lowest BCUT2D eigenvalue weighted by Crippen LogP contribution is -2.19. The van der Waals surface area contributed by atoms with Crippen molar-refractivity contribution in [1.82, 2.24) is 0 Å². The molecule has 5 aromatic rings. The van der Waals surface area contributed by atoms with Crippen LogP contribution in [0.3, 0.4) is 0 Å². The number of phenolic OH excluding ortho intramolecular Hbond substituents is 4. The molecular formula is C61H81Br3I6O13. The van der Waals surface area contributed by atoms with Crippen LogP contribution in [-0.4, -0.2) is 63.9 Å². The molecule has 466 valence electrons. The minimum atomic E-state index is -0.415. The molecule has 4 N–H and O–H groups in total. The molecule has 0 unspecified atom stereocenters. The van der Waals surface area contributed by atoms with Crippen molar-refractivity contribution in [3.63, 3.8) is 0 Å². The summed E-state index contributed by atoms with van der Waals surface area (Å²) in [4.78, 5) is 32.4. The topological polar surface area (TPSA) is 188 Å². The van der Waals surface area contributed by atoms with E-state index in [-0.39, 0.29) is 47.4 Å². The number of alkyl halides is 6. The second-order valence-electron chi connectivity index (χ2n) is 18.6.